The SMILES string of the molecule is CC1=C(O[SiH](C)c2ccccc2)c2c(ccc3ccccc23)[CH]1[Zr+2].[Cl-].[Cl-]. The van der Waals surface area contributed by atoms with Crippen LogP contribution in [-0.4, -0.2) is 9.04 Å². The molecule has 26 heavy (non-hydrogen) atoms. The second-order valence-electron chi connectivity index (χ2n) is 6.37. The molecule has 131 valence electrons. The second-order valence-corrected chi connectivity index (χ2v) is 9.97. The Morgan fingerprint density at radius 2 is 1.54 bits per heavy atom. The maximum atomic E-state index is 6.65. The third-order valence-corrected chi connectivity index (χ3v) is 8.60. The number of benzene rings is 3. The minimum Gasteiger partial charge on any atom is -1.00 e. The summed E-state index contributed by atoms with van der Waals surface area (Å²) in [7, 11) is -1.47. The van der Waals surface area contributed by atoms with E-state index in [4.69, 9.17) is 4.43 Å². The van der Waals surface area contributed by atoms with Crippen molar-refractivity contribution in [1.29, 1.82) is 0 Å². The first-order valence-electron chi connectivity index (χ1n) is 8.32. The Morgan fingerprint density at radius 3 is 2.27 bits per heavy atom. The predicted molar refractivity (Wildman–Crippen MR) is 99.5 cm³/mol. The molecule has 5 heteroatoms. The van der Waals surface area contributed by atoms with Gasteiger partial charge in [0.2, 0.25) is 0 Å². The van der Waals surface area contributed by atoms with Gasteiger partial charge in [-0.2, -0.15) is 0 Å². The molecule has 1 nitrogen and oxygen atoms in total. The van der Waals surface area contributed by atoms with Crippen molar-refractivity contribution in [3.8, 4) is 0 Å². The molecular formula is C21H19Cl2OSiZr. The van der Waals surface area contributed by atoms with Gasteiger partial charge in [0, 0.05) is 0 Å². The van der Waals surface area contributed by atoms with Crippen molar-refractivity contribution in [2.75, 3.05) is 0 Å². The van der Waals surface area contributed by atoms with Crippen molar-refractivity contribution in [2.24, 2.45) is 0 Å². The van der Waals surface area contributed by atoms with Crippen LogP contribution >= 0.6 is 0 Å². The van der Waals surface area contributed by atoms with Crippen LogP contribution in [0.15, 0.2) is 72.3 Å². The topological polar surface area (TPSA) is 9.23 Å². The molecule has 0 spiro atoms. The largest absolute Gasteiger partial charge is 1.00 e. The molecule has 3 aromatic rings. The van der Waals surface area contributed by atoms with Gasteiger partial charge in [-0.3, -0.25) is 0 Å². The monoisotopic (exact) mass is 475 g/mol. The Hall–Kier alpha value is -0.860. The van der Waals surface area contributed by atoms with E-state index in [0.717, 1.165) is 5.76 Å². The molecule has 0 amide bonds. The predicted octanol–water partition coefficient (Wildman–Crippen LogP) is -1.54. The van der Waals surface area contributed by atoms with Gasteiger partial charge in [0.25, 0.3) is 0 Å². The van der Waals surface area contributed by atoms with E-state index >= 15 is 0 Å². The third kappa shape index (κ3) is 3.73. The van der Waals surface area contributed by atoms with E-state index < -0.39 is 9.04 Å². The van der Waals surface area contributed by atoms with Crippen molar-refractivity contribution in [3.63, 3.8) is 0 Å². The Kier molecular flexibility index (Phi) is 7.33. The fourth-order valence-corrected chi connectivity index (χ4v) is 5.94. The molecular weight excluding hydrogens is 458 g/mol. The summed E-state index contributed by atoms with van der Waals surface area (Å²) in [5, 5.41) is 3.97. The van der Waals surface area contributed by atoms with Crippen molar-refractivity contribution in [1.82, 2.24) is 0 Å². The maximum absolute atomic E-state index is 6.65. The molecule has 0 saturated carbocycles. The Morgan fingerprint density at radius 1 is 0.885 bits per heavy atom. The van der Waals surface area contributed by atoms with Crippen LogP contribution < -0.4 is 30.0 Å². The zero-order chi connectivity index (χ0) is 16.7. The molecule has 0 saturated heterocycles. The normalized spacial score (nSPS) is 16.5. The molecule has 0 aromatic heterocycles. The first-order chi connectivity index (χ1) is 11.7. The van der Waals surface area contributed by atoms with Gasteiger partial charge >= 0.3 is 160 Å². The van der Waals surface area contributed by atoms with Crippen LogP contribution in [0.2, 0.25) is 6.55 Å². The minimum absolute atomic E-state index is 0. The summed E-state index contributed by atoms with van der Waals surface area (Å²) in [4.78, 5) is 0. The molecule has 2 unspecified atom stereocenters. The minimum atomic E-state index is -1.47. The molecule has 4 rings (SSSR count). The summed E-state index contributed by atoms with van der Waals surface area (Å²) in [6.45, 7) is 4.52. The van der Waals surface area contributed by atoms with Crippen LogP contribution in [0.1, 0.15) is 21.7 Å². The number of fused-ring (bicyclic) bond motifs is 3. The molecule has 0 heterocycles. The molecule has 0 N–H and O–H groups in total. The van der Waals surface area contributed by atoms with Crippen LogP contribution in [-0.2, 0) is 29.1 Å². The standard InChI is InChI=1S/C21H19OSi.2ClH.Zr/c1-15-14-17-13-12-16-8-6-7-11-19(16)20(17)21(15)22-23(2)18-9-4-3-5-10-18;;;/h3-14,23H,1-2H3;2*1H;/q;;;+2/p-2. The van der Waals surface area contributed by atoms with Crippen molar-refractivity contribution in [3.05, 3.63) is 83.4 Å². The average molecular weight is 478 g/mol. The number of hydrogen-bond donors (Lipinski definition) is 0. The summed E-state index contributed by atoms with van der Waals surface area (Å²) in [5.74, 6) is 1.15. The quantitative estimate of drug-likeness (QED) is 0.416. The number of rotatable bonds is 3. The van der Waals surface area contributed by atoms with Gasteiger partial charge in [0.05, 0.1) is 0 Å². The van der Waals surface area contributed by atoms with E-state index in [0.29, 0.717) is 3.63 Å². The van der Waals surface area contributed by atoms with Gasteiger partial charge in [-0.1, -0.05) is 0 Å². The molecule has 0 fully saturated rings. The zero-order valence-electron chi connectivity index (χ0n) is 14.7. The third-order valence-electron chi connectivity index (χ3n) is 4.85. The van der Waals surface area contributed by atoms with Crippen molar-refractivity contribution in [2.45, 2.75) is 17.1 Å². The van der Waals surface area contributed by atoms with E-state index in [2.05, 4.69) is 80.2 Å². The van der Waals surface area contributed by atoms with E-state index in [1.54, 1.807) is 0 Å². The first-order valence-corrected chi connectivity index (χ1v) is 11.9. The molecule has 0 aliphatic heterocycles. The first kappa shape index (κ1) is 21.4. The van der Waals surface area contributed by atoms with E-state index in [-0.39, 0.29) is 24.8 Å². The molecule has 0 radical (unpaired) electrons. The fourth-order valence-electron chi connectivity index (χ4n) is 3.46. The summed E-state index contributed by atoms with van der Waals surface area (Å²) in [6, 6.07) is 23.9. The van der Waals surface area contributed by atoms with Gasteiger partial charge in [-0.25, -0.2) is 0 Å². The van der Waals surface area contributed by atoms with Gasteiger partial charge in [-0.15, -0.1) is 0 Å². The summed E-state index contributed by atoms with van der Waals surface area (Å²) >= 11 is 1.53. The fraction of sp³-hybridized carbons (Fsp3) is 0.143. The van der Waals surface area contributed by atoms with Crippen molar-refractivity contribution < 1.29 is 54.0 Å². The molecule has 1 aliphatic rings. The van der Waals surface area contributed by atoms with Crippen LogP contribution in [0.3, 0.4) is 0 Å². The molecule has 2 atom stereocenters. The summed E-state index contributed by atoms with van der Waals surface area (Å²) in [5.41, 5.74) is 4.17. The average Bonchev–Trinajstić information content (AvgIpc) is 2.87. The van der Waals surface area contributed by atoms with Gasteiger partial charge in [-0.05, 0) is 0 Å². The van der Waals surface area contributed by atoms with Crippen LogP contribution in [0.5, 0.6) is 0 Å². The van der Waals surface area contributed by atoms with E-state index in [9.17, 15) is 0 Å². The number of hydrogen-bond acceptors (Lipinski definition) is 1. The van der Waals surface area contributed by atoms with Crippen LogP contribution in [0.25, 0.3) is 16.5 Å². The Labute approximate surface area is 184 Å². The van der Waals surface area contributed by atoms with Gasteiger partial charge < -0.3 is 24.8 Å². The van der Waals surface area contributed by atoms with E-state index in [1.165, 1.54) is 57.4 Å². The zero-order valence-corrected chi connectivity index (χ0v) is 19.8. The van der Waals surface area contributed by atoms with Crippen LogP contribution in [0, 0.1) is 0 Å². The van der Waals surface area contributed by atoms with Gasteiger partial charge in [0.1, 0.15) is 0 Å². The maximum Gasteiger partial charge on any atom is -1.00 e. The Balaban J connectivity index is 0.00000121. The smallest absolute Gasteiger partial charge is 1.00 e. The van der Waals surface area contributed by atoms with Crippen LogP contribution in [0.4, 0.5) is 0 Å². The second kappa shape index (κ2) is 8.89. The molecule has 0 bridgehead atoms. The number of allylic oxidation sites excluding steroid dienone is 1. The van der Waals surface area contributed by atoms with Gasteiger partial charge in [0.15, 0.2) is 0 Å². The Bertz CT molecular complexity index is 943. The summed E-state index contributed by atoms with van der Waals surface area (Å²) in [6.07, 6.45) is 0. The van der Waals surface area contributed by atoms with Crippen molar-refractivity contribution >= 4 is 30.8 Å². The van der Waals surface area contributed by atoms with E-state index in [1.807, 2.05) is 0 Å². The number of halogens is 2. The molecule has 3 aromatic carbocycles. The molecule has 1 aliphatic carbocycles. The summed E-state index contributed by atoms with van der Waals surface area (Å²) < 4.78 is 7.16.